The highest BCUT2D eigenvalue weighted by molar-refractivity contribution is 14.1. The highest BCUT2D eigenvalue weighted by Gasteiger charge is 2.21. The van der Waals surface area contributed by atoms with Crippen molar-refractivity contribution < 1.29 is 4.74 Å². The van der Waals surface area contributed by atoms with Crippen LogP contribution in [0.5, 0.6) is 5.75 Å². The van der Waals surface area contributed by atoms with Crippen LogP contribution in [0.15, 0.2) is 48.5 Å². The number of rotatable bonds is 5. The van der Waals surface area contributed by atoms with E-state index >= 15 is 0 Å². The van der Waals surface area contributed by atoms with E-state index in [4.69, 9.17) is 22.1 Å². The van der Waals surface area contributed by atoms with Gasteiger partial charge in [0.25, 0.3) is 0 Å². The Bertz CT molecular complexity index is 559. The first-order chi connectivity index (χ1) is 9.61. The van der Waals surface area contributed by atoms with Crippen LogP contribution >= 0.6 is 34.2 Å². The minimum Gasteiger partial charge on any atom is -0.483 e. The second kappa shape index (κ2) is 7.29. The van der Waals surface area contributed by atoms with E-state index in [0.29, 0.717) is 5.02 Å². The SMILES string of the molecule is CCC(N)C(Oc1ccccc1I)c1ccc(Cl)cc1. The Morgan fingerprint density at radius 2 is 1.80 bits per heavy atom. The molecule has 0 aliphatic heterocycles. The first-order valence-electron chi connectivity index (χ1n) is 6.54. The topological polar surface area (TPSA) is 35.2 Å². The molecule has 106 valence electrons. The summed E-state index contributed by atoms with van der Waals surface area (Å²) in [6.07, 6.45) is 0.671. The maximum absolute atomic E-state index is 6.22. The molecule has 0 aromatic heterocycles. The standard InChI is InChI=1S/C16H17ClINO/c1-2-14(19)16(11-7-9-12(17)10-8-11)20-15-6-4-3-5-13(15)18/h3-10,14,16H,2,19H2,1H3. The minimum atomic E-state index is -0.173. The zero-order valence-electron chi connectivity index (χ0n) is 11.2. The van der Waals surface area contributed by atoms with Crippen LogP contribution in [-0.2, 0) is 0 Å². The molecule has 0 bridgehead atoms. The van der Waals surface area contributed by atoms with Gasteiger partial charge in [-0.15, -0.1) is 0 Å². The van der Waals surface area contributed by atoms with E-state index in [0.717, 1.165) is 21.3 Å². The highest BCUT2D eigenvalue weighted by Crippen LogP contribution is 2.29. The number of para-hydroxylation sites is 1. The first-order valence-corrected chi connectivity index (χ1v) is 7.99. The largest absolute Gasteiger partial charge is 0.483 e. The lowest BCUT2D eigenvalue weighted by molar-refractivity contribution is 0.169. The van der Waals surface area contributed by atoms with Gasteiger partial charge in [-0.2, -0.15) is 0 Å². The molecule has 0 spiro atoms. The Kier molecular flexibility index (Phi) is 5.69. The van der Waals surface area contributed by atoms with E-state index in [-0.39, 0.29) is 12.1 Å². The zero-order valence-corrected chi connectivity index (χ0v) is 14.1. The summed E-state index contributed by atoms with van der Waals surface area (Å²) >= 11 is 8.21. The van der Waals surface area contributed by atoms with Crippen LogP contribution in [0.25, 0.3) is 0 Å². The number of hydrogen-bond acceptors (Lipinski definition) is 2. The van der Waals surface area contributed by atoms with Crippen molar-refractivity contribution in [3.63, 3.8) is 0 Å². The van der Waals surface area contributed by atoms with Crippen molar-refractivity contribution in [1.82, 2.24) is 0 Å². The number of nitrogens with two attached hydrogens (primary N) is 1. The molecule has 0 heterocycles. The predicted octanol–water partition coefficient (Wildman–Crippen LogP) is 4.80. The number of benzene rings is 2. The second-order valence-corrected chi connectivity index (χ2v) is 6.19. The van der Waals surface area contributed by atoms with Crippen molar-refractivity contribution in [3.8, 4) is 5.75 Å². The monoisotopic (exact) mass is 401 g/mol. The van der Waals surface area contributed by atoms with Gasteiger partial charge in [-0.25, -0.2) is 0 Å². The number of halogens is 2. The summed E-state index contributed by atoms with van der Waals surface area (Å²) in [5, 5.41) is 0.715. The van der Waals surface area contributed by atoms with Crippen molar-refractivity contribution in [2.24, 2.45) is 5.73 Å². The molecule has 0 saturated heterocycles. The average Bonchev–Trinajstić information content (AvgIpc) is 2.47. The molecule has 0 saturated carbocycles. The lowest BCUT2D eigenvalue weighted by Gasteiger charge is -2.25. The smallest absolute Gasteiger partial charge is 0.139 e. The Labute approximate surface area is 138 Å². The Morgan fingerprint density at radius 3 is 2.40 bits per heavy atom. The fraction of sp³-hybridized carbons (Fsp3) is 0.250. The van der Waals surface area contributed by atoms with Crippen LogP contribution in [-0.4, -0.2) is 6.04 Å². The summed E-state index contributed by atoms with van der Waals surface area (Å²) in [7, 11) is 0. The van der Waals surface area contributed by atoms with Gasteiger partial charge in [-0.1, -0.05) is 42.8 Å². The molecular weight excluding hydrogens is 385 g/mol. The van der Waals surface area contributed by atoms with Crippen LogP contribution in [0, 0.1) is 3.57 Å². The summed E-state index contributed by atoms with van der Waals surface area (Å²) < 4.78 is 7.22. The van der Waals surface area contributed by atoms with Gasteiger partial charge < -0.3 is 10.5 Å². The van der Waals surface area contributed by atoms with E-state index in [1.54, 1.807) is 0 Å². The maximum atomic E-state index is 6.22. The van der Waals surface area contributed by atoms with Gasteiger partial charge >= 0.3 is 0 Å². The molecule has 2 atom stereocenters. The number of ether oxygens (including phenoxy) is 1. The molecular formula is C16H17ClINO. The van der Waals surface area contributed by atoms with Gasteiger partial charge in [-0.05, 0) is 58.8 Å². The normalized spacial score (nSPS) is 13.8. The lowest BCUT2D eigenvalue weighted by atomic mass is 10.0. The molecule has 2 nitrogen and oxygen atoms in total. The fourth-order valence-electron chi connectivity index (χ4n) is 1.95. The Morgan fingerprint density at radius 1 is 1.15 bits per heavy atom. The van der Waals surface area contributed by atoms with Gasteiger partial charge in [0.1, 0.15) is 11.9 Å². The van der Waals surface area contributed by atoms with Crippen LogP contribution in [0.1, 0.15) is 25.0 Å². The maximum Gasteiger partial charge on any atom is 0.139 e. The van der Waals surface area contributed by atoms with E-state index in [2.05, 4.69) is 29.5 Å². The third-order valence-corrected chi connectivity index (χ3v) is 4.29. The van der Waals surface area contributed by atoms with Crippen molar-refractivity contribution in [3.05, 3.63) is 62.7 Å². The molecule has 0 fully saturated rings. The zero-order chi connectivity index (χ0) is 14.5. The van der Waals surface area contributed by atoms with Crippen LogP contribution < -0.4 is 10.5 Å². The van der Waals surface area contributed by atoms with E-state index < -0.39 is 0 Å². The quantitative estimate of drug-likeness (QED) is 0.730. The van der Waals surface area contributed by atoms with Crippen molar-refractivity contribution in [2.75, 3.05) is 0 Å². The summed E-state index contributed by atoms with van der Waals surface area (Å²) in [4.78, 5) is 0. The molecule has 2 aromatic carbocycles. The summed E-state index contributed by atoms with van der Waals surface area (Å²) in [6.45, 7) is 2.06. The molecule has 4 heteroatoms. The van der Waals surface area contributed by atoms with Crippen LogP contribution in [0.3, 0.4) is 0 Å². The van der Waals surface area contributed by atoms with Crippen molar-refractivity contribution in [2.45, 2.75) is 25.5 Å². The molecule has 2 rings (SSSR count). The molecule has 2 N–H and O–H groups in total. The highest BCUT2D eigenvalue weighted by atomic mass is 127. The van der Waals surface area contributed by atoms with Gasteiger partial charge in [-0.3, -0.25) is 0 Å². The second-order valence-electron chi connectivity index (χ2n) is 4.59. The third kappa shape index (κ3) is 3.87. The molecule has 2 aromatic rings. The van der Waals surface area contributed by atoms with Gasteiger partial charge in [0.2, 0.25) is 0 Å². The molecule has 0 amide bonds. The number of hydrogen-bond donors (Lipinski definition) is 1. The summed E-state index contributed by atoms with van der Waals surface area (Å²) in [5.74, 6) is 0.858. The molecule has 2 unspecified atom stereocenters. The molecule has 0 aliphatic rings. The molecule has 20 heavy (non-hydrogen) atoms. The van der Waals surface area contributed by atoms with E-state index in [1.165, 1.54) is 0 Å². The predicted molar refractivity (Wildman–Crippen MR) is 92.2 cm³/mol. The molecule has 0 aliphatic carbocycles. The van der Waals surface area contributed by atoms with Gasteiger partial charge in [0, 0.05) is 11.1 Å². The third-order valence-electron chi connectivity index (χ3n) is 3.15. The van der Waals surface area contributed by atoms with Crippen molar-refractivity contribution in [1.29, 1.82) is 0 Å². The Hall–Kier alpha value is -0.780. The van der Waals surface area contributed by atoms with Gasteiger partial charge in [0.05, 0.1) is 3.57 Å². The fourth-order valence-corrected chi connectivity index (χ4v) is 2.59. The summed E-state index contributed by atoms with van der Waals surface area (Å²) in [6, 6.07) is 15.6. The van der Waals surface area contributed by atoms with Crippen LogP contribution in [0.2, 0.25) is 5.02 Å². The lowest BCUT2D eigenvalue weighted by Crippen LogP contribution is -2.31. The summed E-state index contributed by atoms with van der Waals surface area (Å²) in [5.41, 5.74) is 7.27. The average molecular weight is 402 g/mol. The van der Waals surface area contributed by atoms with Gasteiger partial charge in [0.15, 0.2) is 0 Å². The first kappa shape index (κ1) is 15.6. The molecule has 0 radical (unpaired) electrons. The van der Waals surface area contributed by atoms with Crippen molar-refractivity contribution >= 4 is 34.2 Å². The van der Waals surface area contributed by atoms with E-state index in [9.17, 15) is 0 Å². The Balaban J connectivity index is 2.29. The van der Waals surface area contributed by atoms with E-state index in [1.807, 2.05) is 48.5 Å². The minimum absolute atomic E-state index is 0.0628. The van der Waals surface area contributed by atoms with Crippen LogP contribution in [0.4, 0.5) is 0 Å².